The lowest BCUT2D eigenvalue weighted by molar-refractivity contribution is -0.122. The van der Waals surface area contributed by atoms with E-state index in [0.29, 0.717) is 18.0 Å². The number of hydrogen-bond donors (Lipinski definition) is 1. The first-order valence-electron chi connectivity index (χ1n) is 13.0. The Morgan fingerprint density at radius 2 is 1.78 bits per heavy atom. The number of ether oxygens (including phenoxy) is 2. The predicted octanol–water partition coefficient (Wildman–Crippen LogP) is 2.91. The van der Waals surface area contributed by atoms with E-state index in [-0.39, 0.29) is 23.7 Å². The average molecular weight is 507 g/mol. The van der Waals surface area contributed by atoms with Crippen LogP contribution >= 0.6 is 0 Å². The Morgan fingerprint density at radius 1 is 1.03 bits per heavy atom. The molecule has 3 amide bonds. The molecule has 10 heteroatoms. The van der Waals surface area contributed by atoms with Crippen molar-refractivity contribution in [2.75, 3.05) is 51.3 Å². The van der Waals surface area contributed by atoms with Gasteiger partial charge in [0, 0.05) is 45.1 Å². The van der Waals surface area contributed by atoms with Crippen LogP contribution in [-0.4, -0.2) is 84.2 Å². The van der Waals surface area contributed by atoms with E-state index in [1.807, 2.05) is 24.3 Å². The molecule has 0 spiro atoms. The van der Waals surface area contributed by atoms with Crippen molar-refractivity contribution in [2.45, 2.75) is 38.2 Å². The summed E-state index contributed by atoms with van der Waals surface area (Å²) < 4.78 is 11.6. The number of aromatic nitrogens is 2. The first kappa shape index (κ1) is 25.0. The molecule has 1 aromatic carbocycles. The summed E-state index contributed by atoms with van der Waals surface area (Å²) in [5.41, 5.74) is 1.05. The number of urea groups is 1. The second-order valence-electron chi connectivity index (χ2n) is 9.61. The average Bonchev–Trinajstić information content (AvgIpc) is 3.53. The number of nitrogens with zero attached hydrogens (tertiary/aromatic N) is 5. The molecule has 3 fully saturated rings. The van der Waals surface area contributed by atoms with E-state index in [4.69, 9.17) is 9.47 Å². The smallest absolute Gasteiger partial charge is 0.329 e. The quantitative estimate of drug-likeness (QED) is 0.409. The number of imide groups is 1. The maximum atomic E-state index is 13.0. The fourth-order valence-electron chi connectivity index (χ4n) is 5.08. The van der Waals surface area contributed by atoms with Gasteiger partial charge >= 0.3 is 6.03 Å². The van der Waals surface area contributed by atoms with Crippen LogP contribution < -0.4 is 19.7 Å². The van der Waals surface area contributed by atoms with E-state index in [1.54, 1.807) is 25.6 Å². The molecule has 1 aromatic heterocycles. The van der Waals surface area contributed by atoms with Crippen LogP contribution in [0.1, 0.15) is 37.7 Å². The van der Waals surface area contributed by atoms with Crippen molar-refractivity contribution in [3.8, 4) is 11.5 Å². The Kier molecular flexibility index (Phi) is 7.84. The third-order valence-electron chi connectivity index (χ3n) is 7.12. The molecular formula is C27H34N6O4. The van der Waals surface area contributed by atoms with Crippen LogP contribution in [0.2, 0.25) is 0 Å². The van der Waals surface area contributed by atoms with Gasteiger partial charge in [-0.15, -0.1) is 0 Å². The highest BCUT2D eigenvalue weighted by Gasteiger charge is 2.33. The summed E-state index contributed by atoms with van der Waals surface area (Å²) in [6.07, 6.45) is 10.5. The Hall–Kier alpha value is -3.66. The molecule has 2 aromatic rings. The number of amides is 3. The molecule has 0 unspecified atom stereocenters. The normalized spacial score (nSPS) is 20.1. The Morgan fingerprint density at radius 3 is 2.51 bits per heavy atom. The number of anilines is 1. The van der Waals surface area contributed by atoms with Crippen LogP contribution in [-0.2, 0) is 4.79 Å². The minimum absolute atomic E-state index is 0.190. The van der Waals surface area contributed by atoms with Crippen molar-refractivity contribution in [3.05, 3.63) is 47.9 Å². The molecule has 1 saturated carbocycles. The first-order valence-corrected chi connectivity index (χ1v) is 13.0. The van der Waals surface area contributed by atoms with Crippen LogP contribution in [0.25, 0.3) is 6.08 Å². The van der Waals surface area contributed by atoms with Gasteiger partial charge in [0.05, 0.1) is 13.2 Å². The lowest BCUT2D eigenvalue weighted by atomic mass is 10.1. The van der Waals surface area contributed by atoms with Crippen molar-refractivity contribution in [1.82, 2.24) is 25.1 Å². The molecule has 1 aliphatic carbocycles. The number of rotatable bonds is 9. The largest absolute Gasteiger partial charge is 0.493 e. The second kappa shape index (κ2) is 11.6. The van der Waals surface area contributed by atoms with Crippen LogP contribution in [0.5, 0.6) is 11.5 Å². The Balaban J connectivity index is 1.14. The molecule has 0 radical (unpaired) electrons. The summed E-state index contributed by atoms with van der Waals surface area (Å²) in [6.45, 7) is 4.70. The van der Waals surface area contributed by atoms with Crippen LogP contribution in [0.3, 0.4) is 0 Å². The van der Waals surface area contributed by atoms with Gasteiger partial charge < -0.3 is 19.7 Å². The molecule has 2 saturated heterocycles. The fourth-order valence-corrected chi connectivity index (χ4v) is 5.08. The van der Waals surface area contributed by atoms with E-state index in [9.17, 15) is 9.59 Å². The summed E-state index contributed by atoms with van der Waals surface area (Å²) >= 11 is 0. The van der Waals surface area contributed by atoms with Crippen molar-refractivity contribution < 1.29 is 19.1 Å². The van der Waals surface area contributed by atoms with Gasteiger partial charge in [-0.05, 0) is 68.5 Å². The lowest BCUT2D eigenvalue weighted by Gasteiger charge is -2.34. The van der Waals surface area contributed by atoms with Crippen molar-refractivity contribution in [2.24, 2.45) is 0 Å². The molecule has 2 aliphatic heterocycles. The summed E-state index contributed by atoms with van der Waals surface area (Å²) in [6, 6.07) is 7.00. The molecule has 37 heavy (non-hydrogen) atoms. The fraction of sp³-hybridized carbons (Fsp3) is 0.481. The zero-order valence-corrected chi connectivity index (χ0v) is 21.3. The van der Waals surface area contributed by atoms with Gasteiger partial charge in [0.2, 0.25) is 5.95 Å². The molecular weight excluding hydrogens is 472 g/mol. The van der Waals surface area contributed by atoms with E-state index in [2.05, 4.69) is 25.1 Å². The number of benzene rings is 1. The Labute approximate surface area is 217 Å². The van der Waals surface area contributed by atoms with Crippen LogP contribution in [0, 0.1) is 0 Å². The topological polar surface area (TPSA) is 100 Å². The van der Waals surface area contributed by atoms with Gasteiger partial charge in [0.1, 0.15) is 5.70 Å². The summed E-state index contributed by atoms with van der Waals surface area (Å²) in [4.78, 5) is 40.0. The van der Waals surface area contributed by atoms with Crippen LogP contribution in [0.4, 0.5) is 10.7 Å². The molecule has 5 rings (SSSR count). The van der Waals surface area contributed by atoms with Crippen molar-refractivity contribution >= 4 is 24.0 Å². The highest BCUT2D eigenvalue weighted by atomic mass is 16.5. The molecule has 0 atom stereocenters. The maximum absolute atomic E-state index is 13.0. The van der Waals surface area contributed by atoms with E-state index >= 15 is 0 Å². The third-order valence-corrected chi connectivity index (χ3v) is 7.12. The van der Waals surface area contributed by atoms with Gasteiger partial charge in [-0.1, -0.05) is 6.07 Å². The standard InChI is InChI=1S/C27H34N6O4/c1-36-23-9-8-20(19-24(23)37-21-6-2-3-7-21)18-22-25(34)33(27(35)30-22)13-5-12-31-14-16-32(17-15-31)26-28-10-4-11-29-26/h4,8-11,18-19,21H,2-3,5-7,12-17H2,1H3,(H,30,35)/b22-18-. The monoisotopic (exact) mass is 506 g/mol. The van der Waals surface area contributed by atoms with Gasteiger partial charge in [0.15, 0.2) is 11.5 Å². The number of piperazine rings is 1. The molecule has 10 nitrogen and oxygen atoms in total. The second-order valence-corrected chi connectivity index (χ2v) is 9.61. The summed E-state index contributed by atoms with van der Waals surface area (Å²) in [7, 11) is 1.62. The highest BCUT2D eigenvalue weighted by Crippen LogP contribution is 2.33. The zero-order chi connectivity index (χ0) is 25.6. The molecule has 196 valence electrons. The number of nitrogens with one attached hydrogen (secondary N) is 1. The van der Waals surface area contributed by atoms with Crippen molar-refractivity contribution in [1.29, 1.82) is 0 Å². The number of carbonyl (C=O) groups excluding carboxylic acids is 2. The molecule has 3 aliphatic rings. The Bertz CT molecular complexity index is 1130. The third kappa shape index (κ3) is 6.02. The number of hydrogen-bond acceptors (Lipinski definition) is 8. The summed E-state index contributed by atoms with van der Waals surface area (Å²) in [5, 5.41) is 2.73. The molecule has 1 N–H and O–H groups in total. The van der Waals surface area contributed by atoms with Crippen molar-refractivity contribution in [3.63, 3.8) is 0 Å². The minimum Gasteiger partial charge on any atom is -0.493 e. The minimum atomic E-state index is -0.377. The molecule has 3 heterocycles. The zero-order valence-electron chi connectivity index (χ0n) is 21.3. The maximum Gasteiger partial charge on any atom is 0.329 e. The van der Waals surface area contributed by atoms with Gasteiger partial charge in [-0.2, -0.15) is 0 Å². The lowest BCUT2D eigenvalue weighted by Crippen LogP contribution is -2.47. The van der Waals surface area contributed by atoms with Gasteiger partial charge in [-0.3, -0.25) is 14.6 Å². The van der Waals surface area contributed by atoms with E-state index in [0.717, 1.165) is 63.5 Å². The van der Waals surface area contributed by atoms with Crippen LogP contribution in [0.15, 0.2) is 42.4 Å². The summed E-state index contributed by atoms with van der Waals surface area (Å²) in [5.74, 6) is 1.78. The molecule has 0 bridgehead atoms. The SMILES string of the molecule is COc1ccc(/C=C2\NC(=O)N(CCCN3CCN(c4ncccn4)CC3)C2=O)cc1OC1CCCC1. The number of carbonyl (C=O) groups is 2. The van der Waals surface area contributed by atoms with Gasteiger partial charge in [0.25, 0.3) is 5.91 Å². The number of methoxy groups -OCH3 is 1. The first-order chi connectivity index (χ1) is 18.1. The predicted molar refractivity (Wildman–Crippen MR) is 139 cm³/mol. The highest BCUT2D eigenvalue weighted by molar-refractivity contribution is 6.13. The van der Waals surface area contributed by atoms with E-state index < -0.39 is 0 Å². The van der Waals surface area contributed by atoms with E-state index in [1.165, 1.54) is 17.7 Å². The van der Waals surface area contributed by atoms with Gasteiger partial charge in [-0.25, -0.2) is 14.8 Å².